The van der Waals surface area contributed by atoms with Crippen molar-refractivity contribution in [3.8, 4) is 0 Å². The number of hydrogen-bond donors (Lipinski definition) is 1. The summed E-state index contributed by atoms with van der Waals surface area (Å²) in [5, 5.41) is 0. The summed E-state index contributed by atoms with van der Waals surface area (Å²) in [6.07, 6.45) is 7.97. The van der Waals surface area contributed by atoms with E-state index in [2.05, 4.69) is 23.6 Å². The molecule has 0 amide bonds. The van der Waals surface area contributed by atoms with Crippen molar-refractivity contribution in [1.82, 2.24) is 9.80 Å². The smallest absolute Gasteiger partial charge is 0.0358 e. The van der Waals surface area contributed by atoms with Crippen LogP contribution >= 0.6 is 0 Å². The second-order valence-electron chi connectivity index (χ2n) is 6.15. The largest absolute Gasteiger partial charge is 0.329 e. The van der Waals surface area contributed by atoms with Gasteiger partial charge in [-0.25, -0.2) is 0 Å². The lowest BCUT2D eigenvalue weighted by Crippen LogP contribution is -2.61. The molecule has 0 aliphatic carbocycles. The third-order valence-corrected chi connectivity index (χ3v) is 5.19. The minimum atomic E-state index is 0.301. The van der Waals surface area contributed by atoms with Crippen LogP contribution in [-0.4, -0.2) is 54.1 Å². The molecule has 106 valence electrons. The van der Waals surface area contributed by atoms with Gasteiger partial charge in [0.15, 0.2) is 0 Å². The van der Waals surface area contributed by atoms with Crippen molar-refractivity contribution < 1.29 is 0 Å². The van der Waals surface area contributed by atoms with Crippen molar-refractivity contribution in [2.75, 3.05) is 32.7 Å². The monoisotopic (exact) mass is 253 g/mol. The summed E-state index contributed by atoms with van der Waals surface area (Å²) in [5.74, 6) is 0. The van der Waals surface area contributed by atoms with E-state index in [1.54, 1.807) is 0 Å². The second kappa shape index (κ2) is 6.36. The van der Waals surface area contributed by atoms with Gasteiger partial charge in [0.2, 0.25) is 0 Å². The van der Waals surface area contributed by atoms with Gasteiger partial charge in [-0.15, -0.1) is 0 Å². The van der Waals surface area contributed by atoms with Crippen molar-refractivity contribution in [2.45, 2.75) is 64.0 Å². The Labute approximate surface area is 113 Å². The Morgan fingerprint density at radius 3 is 2.83 bits per heavy atom. The molecule has 18 heavy (non-hydrogen) atoms. The predicted molar refractivity (Wildman–Crippen MR) is 77.8 cm³/mol. The van der Waals surface area contributed by atoms with Crippen LogP contribution in [0.3, 0.4) is 0 Å². The highest BCUT2D eigenvalue weighted by atomic mass is 15.3. The molecular formula is C15H31N3. The maximum Gasteiger partial charge on any atom is 0.0358 e. The highest BCUT2D eigenvalue weighted by Gasteiger charge is 2.43. The van der Waals surface area contributed by atoms with Crippen LogP contribution in [0.1, 0.15) is 52.4 Å². The van der Waals surface area contributed by atoms with Crippen molar-refractivity contribution in [2.24, 2.45) is 5.73 Å². The van der Waals surface area contributed by atoms with Gasteiger partial charge in [0.05, 0.1) is 0 Å². The zero-order valence-corrected chi connectivity index (χ0v) is 12.3. The molecule has 2 fully saturated rings. The van der Waals surface area contributed by atoms with Crippen LogP contribution in [0.5, 0.6) is 0 Å². The van der Waals surface area contributed by atoms with E-state index in [0.29, 0.717) is 5.54 Å². The van der Waals surface area contributed by atoms with Crippen molar-refractivity contribution in [3.63, 3.8) is 0 Å². The van der Waals surface area contributed by atoms with E-state index in [-0.39, 0.29) is 0 Å². The van der Waals surface area contributed by atoms with Crippen molar-refractivity contribution >= 4 is 0 Å². The fourth-order valence-corrected chi connectivity index (χ4v) is 3.99. The molecule has 2 heterocycles. The Morgan fingerprint density at radius 2 is 2.17 bits per heavy atom. The summed E-state index contributed by atoms with van der Waals surface area (Å²) in [5.41, 5.74) is 6.51. The fraction of sp³-hybridized carbons (Fsp3) is 1.00. The average Bonchev–Trinajstić information content (AvgIpc) is 2.86. The Morgan fingerprint density at radius 1 is 1.33 bits per heavy atom. The van der Waals surface area contributed by atoms with Crippen LogP contribution < -0.4 is 5.73 Å². The first-order valence-electron chi connectivity index (χ1n) is 7.95. The van der Waals surface area contributed by atoms with Gasteiger partial charge in [-0.2, -0.15) is 0 Å². The summed E-state index contributed by atoms with van der Waals surface area (Å²) in [7, 11) is 0. The zero-order chi connectivity index (χ0) is 13.0. The molecule has 0 bridgehead atoms. The molecule has 0 aromatic heterocycles. The van der Waals surface area contributed by atoms with Gasteiger partial charge in [-0.05, 0) is 51.7 Å². The van der Waals surface area contributed by atoms with Crippen molar-refractivity contribution in [1.29, 1.82) is 0 Å². The number of likely N-dealkylation sites (N-methyl/N-ethyl adjacent to an activating group) is 1. The van der Waals surface area contributed by atoms with Gasteiger partial charge in [0.25, 0.3) is 0 Å². The third kappa shape index (κ3) is 2.73. The molecule has 2 aliphatic rings. The number of nitrogens with zero attached hydrogens (tertiary/aromatic N) is 2. The Balaban J connectivity index is 2.04. The number of unbranched alkanes of at least 4 members (excludes halogenated alkanes) is 1. The number of hydrogen-bond acceptors (Lipinski definition) is 3. The van der Waals surface area contributed by atoms with E-state index in [4.69, 9.17) is 5.73 Å². The predicted octanol–water partition coefficient (Wildman–Crippen LogP) is 2.06. The van der Waals surface area contributed by atoms with E-state index >= 15 is 0 Å². The van der Waals surface area contributed by atoms with Crippen LogP contribution in [0.2, 0.25) is 0 Å². The fourth-order valence-electron chi connectivity index (χ4n) is 3.99. The van der Waals surface area contributed by atoms with Gasteiger partial charge in [-0.3, -0.25) is 4.90 Å². The summed E-state index contributed by atoms with van der Waals surface area (Å²) < 4.78 is 0. The molecule has 2 saturated heterocycles. The van der Waals surface area contributed by atoms with E-state index in [9.17, 15) is 0 Å². The molecule has 2 atom stereocenters. The lowest BCUT2D eigenvalue weighted by Gasteiger charge is -2.50. The lowest BCUT2D eigenvalue weighted by atomic mass is 9.81. The van der Waals surface area contributed by atoms with E-state index in [1.807, 2.05) is 0 Å². The average molecular weight is 253 g/mol. The molecule has 0 radical (unpaired) electrons. The normalized spacial score (nSPS) is 33.0. The molecule has 3 heteroatoms. The van der Waals surface area contributed by atoms with E-state index in [0.717, 1.165) is 19.1 Å². The van der Waals surface area contributed by atoms with Crippen LogP contribution in [0.15, 0.2) is 0 Å². The number of fused-ring (bicyclic) bond motifs is 1. The molecule has 2 N–H and O–H groups in total. The number of piperidine rings is 1. The van der Waals surface area contributed by atoms with Gasteiger partial charge < -0.3 is 10.6 Å². The maximum atomic E-state index is 6.21. The maximum absolute atomic E-state index is 6.21. The Bertz CT molecular complexity index is 256. The number of nitrogens with two attached hydrogens (primary N) is 1. The first-order chi connectivity index (χ1) is 8.75. The quantitative estimate of drug-likeness (QED) is 0.786. The SMILES string of the molecule is CCCCN(CC)C1(CN)CCN2CCCC2C1. The van der Waals surface area contributed by atoms with Gasteiger partial charge in [-0.1, -0.05) is 20.3 Å². The molecule has 0 spiro atoms. The molecule has 0 saturated carbocycles. The first-order valence-corrected chi connectivity index (χ1v) is 7.95. The van der Waals surface area contributed by atoms with Gasteiger partial charge >= 0.3 is 0 Å². The topological polar surface area (TPSA) is 32.5 Å². The zero-order valence-electron chi connectivity index (χ0n) is 12.3. The van der Waals surface area contributed by atoms with Gasteiger partial charge in [0.1, 0.15) is 0 Å². The first kappa shape index (κ1) is 14.3. The van der Waals surface area contributed by atoms with Gasteiger partial charge in [0, 0.05) is 24.7 Å². The molecule has 3 nitrogen and oxygen atoms in total. The van der Waals surface area contributed by atoms with Crippen LogP contribution in [0.25, 0.3) is 0 Å². The third-order valence-electron chi connectivity index (χ3n) is 5.19. The summed E-state index contributed by atoms with van der Waals surface area (Å²) in [6, 6.07) is 0.818. The summed E-state index contributed by atoms with van der Waals surface area (Å²) in [4.78, 5) is 5.38. The molecule has 2 rings (SSSR count). The summed E-state index contributed by atoms with van der Waals surface area (Å²) in [6.45, 7) is 10.4. The molecule has 2 unspecified atom stereocenters. The molecule has 2 aliphatic heterocycles. The van der Waals surface area contributed by atoms with Crippen LogP contribution in [0.4, 0.5) is 0 Å². The molecule has 0 aromatic rings. The standard InChI is InChI=1S/C15H31N3/c1-3-5-10-18(4-2)15(13-16)8-11-17-9-6-7-14(17)12-15/h14H,3-13,16H2,1-2H3. The summed E-state index contributed by atoms with van der Waals surface area (Å²) >= 11 is 0. The van der Waals surface area contributed by atoms with E-state index in [1.165, 1.54) is 58.2 Å². The Hall–Kier alpha value is -0.120. The highest BCUT2D eigenvalue weighted by molar-refractivity contribution is 5.01. The highest BCUT2D eigenvalue weighted by Crippen LogP contribution is 2.36. The minimum Gasteiger partial charge on any atom is -0.329 e. The lowest BCUT2D eigenvalue weighted by molar-refractivity contribution is 0.0125. The molecule has 0 aromatic carbocycles. The Kier molecular flexibility index (Phi) is 5.05. The van der Waals surface area contributed by atoms with Crippen molar-refractivity contribution in [3.05, 3.63) is 0 Å². The minimum absolute atomic E-state index is 0.301. The van der Waals surface area contributed by atoms with Crippen LogP contribution in [-0.2, 0) is 0 Å². The van der Waals surface area contributed by atoms with Crippen LogP contribution in [0, 0.1) is 0 Å². The number of rotatable bonds is 6. The van der Waals surface area contributed by atoms with E-state index < -0.39 is 0 Å². The molecular weight excluding hydrogens is 222 g/mol. The second-order valence-corrected chi connectivity index (χ2v) is 6.15.